The first kappa shape index (κ1) is 18.0. The number of ketones is 1. The summed E-state index contributed by atoms with van der Waals surface area (Å²) in [6.07, 6.45) is 0.499. The monoisotopic (exact) mass is 353 g/mol. The zero-order valence-corrected chi connectivity index (χ0v) is 15.1. The molecule has 1 amide bonds. The van der Waals surface area contributed by atoms with Gasteiger partial charge in [-0.2, -0.15) is 0 Å². The molecular formula is C21H23NO4. The van der Waals surface area contributed by atoms with Crippen LogP contribution >= 0.6 is 0 Å². The van der Waals surface area contributed by atoms with E-state index in [2.05, 4.69) is 0 Å². The molecule has 2 aromatic carbocycles. The summed E-state index contributed by atoms with van der Waals surface area (Å²) in [5.41, 5.74) is 1.75. The number of likely N-dealkylation sites (tertiary alicyclic amines) is 1. The summed E-state index contributed by atoms with van der Waals surface area (Å²) in [6, 6.07) is 14.7. The van der Waals surface area contributed by atoms with Gasteiger partial charge >= 0.3 is 0 Å². The highest BCUT2D eigenvalue weighted by atomic mass is 16.5. The van der Waals surface area contributed by atoms with Gasteiger partial charge < -0.3 is 14.4 Å². The van der Waals surface area contributed by atoms with Crippen LogP contribution in [0, 0.1) is 6.92 Å². The minimum absolute atomic E-state index is 0.0157. The lowest BCUT2D eigenvalue weighted by Gasteiger charge is -2.39. The van der Waals surface area contributed by atoms with Crippen LogP contribution in [0.5, 0.6) is 11.5 Å². The summed E-state index contributed by atoms with van der Waals surface area (Å²) in [5, 5.41) is 0. The maximum atomic E-state index is 12.2. The highest BCUT2D eigenvalue weighted by molar-refractivity contribution is 5.95. The van der Waals surface area contributed by atoms with Gasteiger partial charge in [0.2, 0.25) is 0 Å². The number of carbonyl (C=O) groups excluding carboxylic acids is 2. The Hall–Kier alpha value is -2.82. The van der Waals surface area contributed by atoms with Crippen LogP contribution in [-0.2, 0) is 4.79 Å². The third-order valence-corrected chi connectivity index (χ3v) is 4.45. The Morgan fingerprint density at radius 1 is 1.08 bits per heavy atom. The maximum Gasteiger partial charge on any atom is 0.260 e. The number of carbonyl (C=O) groups is 2. The van der Waals surface area contributed by atoms with Gasteiger partial charge in [-0.1, -0.05) is 25.1 Å². The summed E-state index contributed by atoms with van der Waals surface area (Å²) in [6.45, 7) is 4.96. The third kappa shape index (κ3) is 4.23. The number of rotatable bonds is 7. The van der Waals surface area contributed by atoms with Gasteiger partial charge in [0.25, 0.3) is 5.91 Å². The molecule has 136 valence electrons. The largest absolute Gasteiger partial charge is 0.486 e. The topological polar surface area (TPSA) is 55.8 Å². The van der Waals surface area contributed by atoms with E-state index in [4.69, 9.17) is 9.47 Å². The minimum atomic E-state index is -0.0663. The van der Waals surface area contributed by atoms with Crippen molar-refractivity contribution >= 4 is 11.7 Å². The molecule has 0 atom stereocenters. The van der Waals surface area contributed by atoms with Crippen LogP contribution in [0.15, 0.2) is 48.5 Å². The Balaban J connectivity index is 1.43. The normalized spacial score (nSPS) is 13.8. The van der Waals surface area contributed by atoms with Gasteiger partial charge in [0.15, 0.2) is 12.4 Å². The molecule has 5 nitrogen and oxygen atoms in total. The molecule has 0 aliphatic carbocycles. The van der Waals surface area contributed by atoms with Crippen molar-refractivity contribution in [3.8, 4) is 11.5 Å². The van der Waals surface area contributed by atoms with Gasteiger partial charge in [0.05, 0.1) is 13.1 Å². The average Bonchev–Trinajstić information content (AvgIpc) is 2.63. The quantitative estimate of drug-likeness (QED) is 0.717. The van der Waals surface area contributed by atoms with Gasteiger partial charge in [-0.15, -0.1) is 0 Å². The van der Waals surface area contributed by atoms with E-state index >= 15 is 0 Å². The second-order valence-electron chi connectivity index (χ2n) is 6.39. The molecular weight excluding hydrogens is 330 g/mol. The lowest BCUT2D eigenvalue weighted by atomic mass is 10.1. The maximum absolute atomic E-state index is 12.2. The van der Waals surface area contributed by atoms with E-state index in [1.807, 2.05) is 38.1 Å². The SMILES string of the molecule is CCC(=O)c1ccc(OCC(=O)N2CC(Oc3ccccc3C)C2)cc1. The summed E-state index contributed by atoms with van der Waals surface area (Å²) < 4.78 is 11.4. The molecule has 0 bridgehead atoms. The molecule has 1 saturated heterocycles. The number of hydrogen-bond acceptors (Lipinski definition) is 4. The van der Waals surface area contributed by atoms with Crippen LogP contribution in [0.2, 0.25) is 0 Å². The summed E-state index contributed by atoms with van der Waals surface area (Å²) >= 11 is 0. The van der Waals surface area contributed by atoms with E-state index in [0.717, 1.165) is 11.3 Å². The zero-order valence-electron chi connectivity index (χ0n) is 15.1. The second-order valence-corrected chi connectivity index (χ2v) is 6.39. The number of nitrogens with zero attached hydrogens (tertiary/aromatic N) is 1. The van der Waals surface area contributed by atoms with Crippen LogP contribution in [-0.4, -0.2) is 42.4 Å². The highest BCUT2D eigenvalue weighted by Crippen LogP contribution is 2.22. The van der Waals surface area contributed by atoms with Gasteiger partial charge in [-0.25, -0.2) is 0 Å². The van der Waals surface area contributed by atoms with E-state index in [0.29, 0.717) is 30.8 Å². The molecule has 26 heavy (non-hydrogen) atoms. The first-order valence-electron chi connectivity index (χ1n) is 8.83. The number of hydrogen-bond donors (Lipinski definition) is 0. The van der Waals surface area contributed by atoms with Crippen molar-refractivity contribution in [3.05, 3.63) is 59.7 Å². The minimum Gasteiger partial charge on any atom is -0.486 e. The van der Waals surface area contributed by atoms with Crippen LogP contribution < -0.4 is 9.47 Å². The van der Waals surface area contributed by atoms with Crippen molar-refractivity contribution in [2.45, 2.75) is 26.4 Å². The molecule has 0 N–H and O–H groups in total. The molecule has 5 heteroatoms. The molecule has 1 heterocycles. The summed E-state index contributed by atoms with van der Waals surface area (Å²) in [4.78, 5) is 25.5. The number of amides is 1. The van der Waals surface area contributed by atoms with Crippen LogP contribution in [0.25, 0.3) is 0 Å². The second kappa shape index (κ2) is 8.04. The fourth-order valence-electron chi connectivity index (χ4n) is 2.76. The molecule has 1 fully saturated rings. The lowest BCUT2D eigenvalue weighted by molar-refractivity contribution is -0.142. The van der Waals surface area contributed by atoms with E-state index in [-0.39, 0.29) is 24.4 Å². The van der Waals surface area contributed by atoms with E-state index in [1.54, 1.807) is 29.2 Å². The molecule has 0 spiro atoms. The molecule has 0 unspecified atom stereocenters. The Morgan fingerprint density at radius 2 is 1.77 bits per heavy atom. The fraction of sp³-hybridized carbons (Fsp3) is 0.333. The molecule has 1 aliphatic rings. The van der Waals surface area contributed by atoms with Gasteiger partial charge in [-0.05, 0) is 42.8 Å². The Bertz CT molecular complexity index is 779. The Labute approximate surface area is 153 Å². The summed E-state index contributed by atoms with van der Waals surface area (Å²) in [5.74, 6) is 1.47. The van der Waals surface area contributed by atoms with Gasteiger partial charge in [0, 0.05) is 12.0 Å². The predicted octanol–water partition coefficient (Wildman–Crippen LogP) is 3.26. The number of ether oxygens (including phenoxy) is 2. The van der Waals surface area contributed by atoms with Crippen LogP contribution in [0.3, 0.4) is 0 Å². The first-order valence-corrected chi connectivity index (χ1v) is 8.83. The Morgan fingerprint density at radius 3 is 2.42 bits per heavy atom. The molecule has 3 rings (SSSR count). The zero-order chi connectivity index (χ0) is 18.5. The molecule has 0 aromatic heterocycles. The number of benzene rings is 2. The lowest BCUT2D eigenvalue weighted by Crippen LogP contribution is -2.57. The number of Topliss-reactive ketones (excluding diaryl/α,β-unsaturated/α-hetero) is 1. The van der Waals surface area contributed by atoms with Gasteiger partial charge in [0.1, 0.15) is 17.6 Å². The van der Waals surface area contributed by atoms with Crippen LogP contribution in [0.4, 0.5) is 0 Å². The predicted molar refractivity (Wildman–Crippen MR) is 98.7 cm³/mol. The molecule has 0 radical (unpaired) electrons. The number of para-hydroxylation sites is 1. The first-order chi connectivity index (χ1) is 12.6. The van der Waals surface area contributed by atoms with Crippen molar-refractivity contribution in [3.63, 3.8) is 0 Å². The standard InChI is InChI=1S/C21H23NO4/c1-3-19(23)16-8-10-17(11-9-16)25-14-21(24)22-12-18(13-22)26-20-7-5-4-6-15(20)2/h4-11,18H,3,12-14H2,1-2H3. The van der Waals surface area contributed by atoms with Crippen molar-refractivity contribution < 1.29 is 19.1 Å². The highest BCUT2D eigenvalue weighted by Gasteiger charge is 2.32. The van der Waals surface area contributed by atoms with Crippen LogP contribution in [0.1, 0.15) is 29.3 Å². The third-order valence-electron chi connectivity index (χ3n) is 4.45. The average molecular weight is 353 g/mol. The molecule has 1 aliphatic heterocycles. The fourth-order valence-corrected chi connectivity index (χ4v) is 2.76. The summed E-state index contributed by atoms with van der Waals surface area (Å²) in [7, 11) is 0. The van der Waals surface area contributed by atoms with Gasteiger partial charge in [-0.3, -0.25) is 9.59 Å². The van der Waals surface area contributed by atoms with E-state index in [9.17, 15) is 9.59 Å². The van der Waals surface area contributed by atoms with Crippen molar-refractivity contribution in [2.75, 3.05) is 19.7 Å². The smallest absolute Gasteiger partial charge is 0.260 e. The van der Waals surface area contributed by atoms with Crippen molar-refractivity contribution in [2.24, 2.45) is 0 Å². The molecule has 0 saturated carbocycles. The van der Waals surface area contributed by atoms with E-state index < -0.39 is 0 Å². The Kier molecular flexibility index (Phi) is 5.56. The van der Waals surface area contributed by atoms with Crippen molar-refractivity contribution in [1.29, 1.82) is 0 Å². The number of aryl methyl sites for hydroxylation is 1. The molecule has 2 aromatic rings. The van der Waals surface area contributed by atoms with E-state index in [1.165, 1.54) is 0 Å². The van der Waals surface area contributed by atoms with Crippen molar-refractivity contribution in [1.82, 2.24) is 4.90 Å².